The average Bonchev–Trinajstić information content (AvgIpc) is 3.21. The molecule has 1 heterocycles. The Kier molecular flexibility index (Phi) is 7.82. The predicted molar refractivity (Wildman–Crippen MR) is 148 cm³/mol. The summed E-state index contributed by atoms with van der Waals surface area (Å²) < 4.78 is 7.60. The van der Waals surface area contributed by atoms with Crippen LogP contribution in [-0.4, -0.2) is 17.1 Å². The lowest BCUT2D eigenvalue weighted by Crippen LogP contribution is -2.32. The van der Waals surface area contributed by atoms with E-state index in [9.17, 15) is 14.9 Å². The molecule has 0 saturated heterocycles. The first-order valence-corrected chi connectivity index (χ1v) is 12.4. The molecule has 0 fully saturated rings. The van der Waals surface area contributed by atoms with Crippen molar-refractivity contribution in [2.75, 3.05) is 11.9 Å². The minimum Gasteiger partial charge on any atom is -0.490 e. The molecule has 0 saturated carbocycles. The van der Waals surface area contributed by atoms with E-state index in [4.69, 9.17) is 4.74 Å². The van der Waals surface area contributed by atoms with Crippen LogP contribution in [0, 0.1) is 25.2 Å². The van der Waals surface area contributed by atoms with Crippen LogP contribution in [0.5, 0.6) is 5.75 Å². The normalized spacial score (nSPS) is 12.0. The second-order valence-electron chi connectivity index (χ2n) is 8.37. The van der Waals surface area contributed by atoms with Crippen LogP contribution in [0.4, 0.5) is 5.69 Å². The lowest BCUT2D eigenvalue weighted by molar-refractivity contribution is -0.111. The SMILES string of the molecule is C=CCOc1ccc(/C=c2\s/c(=C(\C#N)C(=O)Nc3ccc(C)cc3)n(-c3ccc(C)cc3)c2=O)cc1. The first-order valence-electron chi connectivity index (χ1n) is 11.6. The van der Waals surface area contributed by atoms with Gasteiger partial charge in [0.05, 0.1) is 10.2 Å². The molecule has 1 aromatic heterocycles. The molecular weight excluding hydrogens is 482 g/mol. The zero-order chi connectivity index (χ0) is 26.4. The fourth-order valence-corrected chi connectivity index (χ4v) is 4.67. The summed E-state index contributed by atoms with van der Waals surface area (Å²) in [5, 5.41) is 12.8. The molecule has 0 unspecified atom stereocenters. The number of nitrogens with one attached hydrogen (secondary N) is 1. The number of aromatic nitrogens is 1. The van der Waals surface area contributed by atoms with Crippen LogP contribution in [0.1, 0.15) is 16.7 Å². The number of thiazole rings is 1. The van der Waals surface area contributed by atoms with Crippen LogP contribution in [0.15, 0.2) is 90.2 Å². The van der Waals surface area contributed by atoms with Crippen molar-refractivity contribution in [3.63, 3.8) is 0 Å². The van der Waals surface area contributed by atoms with E-state index in [-0.39, 0.29) is 15.8 Å². The summed E-state index contributed by atoms with van der Waals surface area (Å²) in [5.74, 6) is 0.109. The van der Waals surface area contributed by atoms with Crippen molar-refractivity contribution in [3.05, 3.63) is 122 Å². The van der Waals surface area contributed by atoms with Crippen LogP contribution in [0.2, 0.25) is 0 Å². The summed E-state index contributed by atoms with van der Waals surface area (Å²) in [7, 11) is 0. The van der Waals surface area contributed by atoms with Gasteiger partial charge in [0.2, 0.25) is 0 Å². The van der Waals surface area contributed by atoms with Crippen molar-refractivity contribution in [2.24, 2.45) is 0 Å². The van der Waals surface area contributed by atoms with Crippen molar-refractivity contribution >= 4 is 34.6 Å². The van der Waals surface area contributed by atoms with Crippen molar-refractivity contribution in [1.82, 2.24) is 4.57 Å². The second-order valence-corrected chi connectivity index (χ2v) is 9.40. The molecule has 1 N–H and O–H groups in total. The number of carbonyl (C=O) groups excluding carboxylic acids is 1. The number of carbonyl (C=O) groups is 1. The molecule has 4 rings (SSSR count). The number of anilines is 1. The summed E-state index contributed by atoms with van der Waals surface area (Å²) in [6, 6.07) is 24.0. The number of hydrogen-bond donors (Lipinski definition) is 1. The van der Waals surface area contributed by atoms with E-state index in [2.05, 4.69) is 11.9 Å². The Balaban J connectivity index is 1.87. The van der Waals surface area contributed by atoms with E-state index in [0.717, 1.165) is 28.0 Å². The van der Waals surface area contributed by atoms with E-state index >= 15 is 0 Å². The van der Waals surface area contributed by atoms with E-state index in [1.54, 1.807) is 36.4 Å². The van der Waals surface area contributed by atoms with Crippen molar-refractivity contribution in [1.29, 1.82) is 5.26 Å². The summed E-state index contributed by atoms with van der Waals surface area (Å²) >= 11 is 1.10. The smallest absolute Gasteiger partial charge is 0.273 e. The van der Waals surface area contributed by atoms with Gasteiger partial charge in [0, 0.05) is 5.69 Å². The average molecular weight is 508 g/mol. The molecule has 3 aromatic carbocycles. The van der Waals surface area contributed by atoms with Crippen molar-refractivity contribution in [2.45, 2.75) is 13.8 Å². The molecule has 0 aliphatic rings. The highest BCUT2D eigenvalue weighted by Crippen LogP contribution is 2.14. The maximum atomic E-state index is 13.6. The zero-order valence-corrected chi connectivity index (χ0v) is 21.3. The fraction of sp³-hybridized carbons (Fsp3) is 0.100. The lowest BCUT2D eigenvalue weighted by atomic mass is 10.2. The van der Waals surface area contributed by atoms with Gasteiger partial charge in [-0.25, -0.2) is 0 Å². The van der Waals surface area contributed by atoms with Crippen LogP contribution in [0.25, 0.3) is 17.3 Å². The maximum absolute atomic E-state index is 13.6. The molecule has 0 atom stereocenters. The van der Waals surface area contributed by atoms with E-state index in [1.165, 1.54) is 4.57 Å². The van der Waals surface area contributed by atoms with Gasteiger partial charge in [0.15, 0.2) is 5.57 Å². The number of nitriles is 1. The number of ether oxygens (including phenoxy) is 1. The number of benzene rings is 3. The van der Waals surface area contributed by atoms with Crippen LogP contribution < -0.4 is 24.8 Å². The Morgan fingerprint density at radius 2 is 1.65 bits per heavy atom. The highest BCUT2D eigenvalue weighted by atomic mass is 32.1. The fourth-order valence-electron chi connectivity index (χ4n) is 3.57. The molecule has 4 aromatic rings. The standard InChI is InChI=1S/C30H25N3O3S/c1-4-17-36-25-15-9-22(10-16-25)18-27-29(35)33(24-13-7-21(3)8-14-24)30(37-27)26(19-31)28(34)32-23-11-5-20(2)6-12-23/h4-16,18H,1,17H2,2-3H3,(H,32,34)/b27-18-,30-26+. The van der Waals surface area contributed by atoms with Gasteiger partial charge in [0.1, 0.15) is 23.1 Å². The maximum Gasteiger partial charge on any atom is 0.273 e. The Bertz CT molecular complexity index is 1660. The number of hydrogen-bond acceptors (Lipinski definition) is 5. The van der Waals surface area contributed by atoms with E-state index < -0.39 is 5.91 Å². The summed E-state index contributed by atoms with van der Waals surface area (Å²) in [6.07, 6.45) is 3.41. The molecule has 0 radical (unpaired) electrons. The summed E-state index contributed by atoms with van der Waals surface area (Å²) in [5.41, 5.74) is 3.55. The summed E-state index contributed by atoms with van der Waals surface area (Å²) in [6.45, 7) is 7.94. The Labute approximate surface area is 218 Å². The second kappa shape index (κ2) is 11.4. The van der Waals surface area contributed by atoms with Gasteiger partial charge in [0.25, 0.3) is 11.5 Å². The monoisotopic (exact) mass is 507 g/mol. The first kappa shape index (κ1) is 25.4. The number of amides is 1. The Hall–Kier alpha value is -4.67. The quantitative estimate of drug-likeness (QED) is 0.380. The van der Waals surface area contributed by atoms with Gasteiger partial charge in [-0.15, -0.1) is 11.3 Å². The molecule has 7 heteroatoms. The highest BCUT2D eigenvalue weighted by Gasteiger charge is 2.17. The van der Waals surface area contributed by atoms with Gasteiger partial charge < -0.3 is 10.1 Å². The predicted octanol–water partition coefficient (Wildman–Crippen LogP) is 4.22. The minimum atomic E-state index is -0.580. The van der Waals surface area contributed by atoms with Gasteiger partial charge in [-0.2, -0.15) is 5.26 Å². The molecule has 0 spiro atoms. The molecule has 37 heavy (non-hydrogen) atoms. The third-order valence-corrected chi connectivity index (χ3v) is 6.62. The lowest BCUT2D eigenvalue weighted by Gasteiger charge is -2.06. The van der Waals surface area contributed by atoms with Gasteiger partial charge >= 0.3 is 0 Å². The van der Waals surface area contributed by atoms with Crippen LogP contribution >= 0.6 is 11.3 Å². The van der Waals surface area contributed by atoms with Crippen LogP contribution in [-0.2, 0) is 4.79 Å². The van der Waals surface area contributed by atoms with Gasteiger partial charge in [-0.3, -0.25) is 14.2 Å². The largest absolute Gasteiger partial charge is 0.490 e. The molecular formula is C30H25N3O3S. The number of nitrogens with zero attached hydrogens (tertiary/aromatic N) is 2. The van der Waals surface area contributed by atoms with Crippen LogP contribution in [0.3, 0.4) is 0 Å². The van der Waals surface area contributed by atoms with E-state index in [1.807, 2.05) is 68.4 Å². The first-order chi connectivity index (χ1) is 17.9. The third-order valence-electron chi connectivity index (χ3n) is 5.52. The number of aryl methyl sites for hydroxylation is 2. The Morgan fingerprint density at radius 3 is 2.24 bits per heavy atom. The number of rotatable bonds is 7. The summed E-state index contributed by atoms with van der Waals surface area (Å²) in [4.78, 5) is 26.7. The van der Waals surface area contributed by atoms with Crippen molar-refractivity contribution in [3.8, 4) is 17.5 Å². The topological polar surface area (TPSA) is 84.1 Å². The molecule has 6 nitrogen and oxygen atoms in total. The van der Waals surface area contributed by atoms with Gasteiger partial charge in [-0.05, 0) is 61.9 Å². The molecule has 1 amide bonds. The minimum absolute atomic E-state index is 0.143. The molecule has 0 bridgehead atoms. The van der Waals surface area contributed by atoms with E-state index in [0.29, 0.717) is 28.3 Å². The Morgan fingerprint density at radius 1 is 1.03 bits per heavy atom. The zero-order valence-electron chi connectivity index (χ0n) is 20.5. The molecule has 0 aliphatic heterocycles. The van der Waals surface area contributed by atoms with Gasteiger partial charge in [-0.1, -0.05) is 60.2 Å². The molecule has 0 aliphatic carbocycles. The molecule has 184 valence electrons. The van der Waals surface area contributed by atoms with Crippen molar-refractivity contribution < 1.29 is 9.53 Å². The third kappa shape index (κ3) is 5.95. The highest BCUT2D eigenvalue weighted by molar-refractivity contribution is 7.07.